The summed E-state index contributed by atoms with van der Waals surface area (Å²) in [6.45, 7) is 4.92. The third-order valence-corrected chi connectivity index (χ3v) is 3.06. The van der Waals surface area contributed by atoms with Crippen LogP contribution in [-0.4, -0.2) is 29.7 Å². The highest BCUT2D eigenvalue weighted by Crippen LogP contribution is 2.19. The number of rotatable bonds is 3. The molecule has 4 nitrogen and oxygen atoms in total. The molecule has 0 saturated carbocycles. The van der Waals surface area contributed by atoms with Crippen molar-refractivity contribution in [2.24, 2.45) is 0 Å². The third kappa shape index (κ3) is 2.84. The normalized spacial score (nSPS) is 17.4. The number of anilines is 1. The van der Waals surface area contributed by atoms with Gasteiger partial charge in [0.25, 0.3) is 0 Å². The van der Waals surface area contributed by atoms with Gasteiger partial charge < -0.3 is 15.7 Å². The molecule has 1 saturated heterocycles. The highest BCUT2D eigenvalue weighted by Gasteiger charge is 2.36. The highest BCUT2D eigenvalue weighted by molar-refractivity contribution is 5.92. The number of carbonyl (C=O) groups is 1. The molecule has 17 heavy (non-hydrogen) atoms. The van der Waals surface area contributed by atoms with E-state index in [1.54, 1.807) is 0 Å². The predicted octanol–water partition coefficient (Wildman–Crippen LogP) is 0.966. The van der Waals surface area contributed by atoms with Crippen molar-refractivity contribution in [3.05, 3.63) is 29.3 Å². The van der Waals surface area contributed by atoms with Crippen molar-refractivity contribution in [1.82, 2.24) is 5.32 Å². The van der Waals surface area contributed by atoms with Gasteiger partial charge in [-0.25, -0.2) is 0 Å². The average molecular weight is 234 g/mol. The van der Waals surface area contributed by atoms with Crippen molar-refractivity contribution in [2.45, 2.75) is 25.9 Å². The Balaban J connectivity index is 2.00. The van der Waals surface area contributed by atoms with E-state index in [4.69, 9.17) is 0 Å². The van der Waals surface area contributed by atoms with Gasteiger partial charge in [-0.2, -0.15) is 0 Å². The maximum Gasteiger partial charge on any atom is 0.227 e. The van der Waals surface area contributed by atoms with E-state index in [1.165, 1.54) is 0 Å². The predicted molar refractivity (Wildman–Crippen MR) is 67.0 cm³/mol. The number of hydrogen-bond donors (Lipinski definition) is 3. The van der Waals surface area contributed by atoms with Crippen molar-refractivity contribution in [2.75, 3.05) is 18.4 Å². The van der Waals surface area contributed by atoms with Gasteiger partial charge in [0.1, 0.15) is 0 Å². The van der Waals surface area contributed by atoms with Gasteiger partial charge in [-0.05, 0) is 31.0 Å². The van der Waals surface area contributed by atoms with E-state index in [-0.39, 0.29) is 12.3 Å². The lowest BCUT2D eigenvalue weighted by Crippen LogP contribution is -2.60. The molecule has 1 aromatic rings. The summed E-state index contributed by atoms with van der Waals surface area (Å²) in [4.78, 5) is 11.8. The molecule has 0 aliphatic carbocycles. The van der Waals surface area contributed by atoms with Crippen LogP contribution in [0.15, 0.2) is 18.2 Å². The molecule has 1 fully saturated rings. The second-order valence-corrected chi connectivity index (χ2v) is 4.87. The Morgan fingerprint density at radius 3 is 2.76 bits per heavy atom. The van der Waals surface area contributed by atoms with E-state index < -0.39 is 5.60 Å². The van der Waals surface area contributed by atoms with Gasteiger partial charge in [0.2, 0.25) is 5.91 Å². The summed E-state index contributed by atoms with van der Waals surface area (Å²) < 4.78 is 0. The Hall–Kier alpha value is -1.39. The summed E-state index contributed by atoms with van der Waals surface area (Å²) in [7, 11) is 0. The second-order valence-electron chi connectivity index (χ2n) is 4.87. The number of aryl methyl sites for hydroxylation is 2. The Morgan fingerprint density at radius 1 is 1.47 bits per heavy atom. The first kappa shape index (κ1) is 12.1. The van der Waals surface area contributed by atoms with Crippen LogP contribution in [0.2, 0.25) is 0 Å². The van der Waals surface area contributed by atoms with Gasteiger partial charge in [0, 0.05) is 18.8 Å². The molecule has 2 rings (SSSR count). The molecule has 0 atom stereocenters. The monoisotopic (exact) mass is 234 g/mol. The standard InChI is InChI=1S/C13H18N2O2/c1-9-3-4-10(2)11(5-9)15-12(16)6-13(17)7-14-8-13/h3-5,14,17H,6-8H2,1-2H3,(H,15,16). The summed E-state index contributed by atoms with van der Waals surface area (Å²) in [6.07, 6.45) is 0.146. The Kier molecular flexibility index (Phi) is 3.17. The fourth-order valence-corrected chi connectivity index (χ4v) is 1.90. The van der Waals surface area contributed by atoms with Gasteiger partial charge in [-0.15, -0.1) is 0 Å². The number of β-amino-alcohol motifs (C(OH)–C–C–N with tert-alkyl or cyclic N) is 1. The van der Waals surface area contributed by atoms with Gasteiger partial charge in [-0.1, -0.05) is 12.1 Å². The van der Waals surface area contributed by atoms with Crippen molar-refractivity contribution in [1.29, 1.82) is 0 Å². The molecule has 1 amide bonds. The lowest BCUT2D eigenvalue weighted by atomic mass is 9.93. The van der Waals surface area contributed by atoms with Crippen molar-refractivity contribution in [3.8, 4) is 0 Å². The molecule has 0 bridgehead atoms. The molecule has 0 unspecified atom stereocenters. The van der Waals surface area contributed by atoms with Gasteiger partial charge in [-0.3, -0.25) is 4.79 Å². The SMILES string of the molecule is Cc1ccc(C)c(NC(=O)CC2(O)CNC2)c1. The topological polar surface area (TPSA) is 61.4 Å². The number of carbonyl (C=O) groups excluding carboxylic acids is 1. The summed E-state index contributed by atoms with van der Waals surface area (Å²) in [5, 5.41) is 15.7. The minimum absolute atomic E-state index is 0.136. The first-order valence-corrected chi connectivity index (χ1v) is 5.79. The largest absolute Gasteiger partial charge is 0.387 e. The summed E-state index contributed by atoms with van der Waals surface area (Å²) in [6, 6.07) is 5.93. The van der Waals surface area contributed by atoms with Crippen LogP contribution in [0.25, 0.3) is 0 Å². The smallest absolute Gasteiger partial charge is 0.227 e. The number of aliphatic hydroxyl groups is 1. The number of benzene rings is 1. The second kappa shape index (κ2) is 4.47. The van der Waals surface area contributed by atoms with Crippen LogP contribution in [0.1, 0.15) is 17.5 Å². The Labute approximate surface area is 101 Å². The van der Waals surface area contributed by atoms with E-state index in [2.05, 4.69) is 10.6 Å². The minimum atomic E-state index is -0.859. The lowest BCUT2D eigenvalue weighted by Gasteiger charge is -2.36. The number of hydrogen-bond acceptors (Lipinski definition) is 3. The van der Waals surface area contributed by atoms with Crippen molar-refractivity contribution >= 4 is 11.6 Å². The maximum absolute atomic E-state index is 11.8. The minimum Gasteiger partial charge on any atom is -0.387 e. The third-order valence-electron chi connectivity index (χ3n) is 3.06. The van der Waals surface area contributed by atoms with E-state index in [0.717, 1.165) is 16.8 Å². The van der Waals surface area contributed by atoms with Crippen molar-refractivity contribution in [3.63, 3.8) is 0 Å². The summed E-state index contributed by atoms with van der Waals surface area (Å²) >= 11 is 0. The number of nitrogens with one attached hydrogen (secondary N) is 2. The average Bonchev–Trinajstić information content (AvgIpc) is 2.21. The zero-order valence-corrected chi connectivity index (χ0v) is 10.2. The van der Waals surface area contributed by atoms with E-state index in [9.17, 15) is 9.90 Å². The van der Waals surface area contributed by atoms with Crippen LogP contribution < -0.4 is 10.6 Å². The van der Waals surface area contributed by atoms with E-state index >= 15 is 0 Å². The van der Waals surface area contributed by atoms with Crippen LogP contribution in [0.3, 0.4) is 0 Å². The van der Waals surface area contributed by atoms with Gasteiger partial charge >= 0.3 is 0 Å². The Morgan fingerprint density at radius 2 is 2.18 bits per heavy atom. The van der Waals surface area contributed by atoms with Gasteiger partial charge in [0.05, 0.1) is 12.0 Å². The van der Waals surface area contributed by atoms with E-state index in [1.807, 2.05) is 32.0 Å². The summed E-state index contributed by atoms with van der Waals surface area (Å²) in [5.74, 6) is -0.136. The zero-order chi connectivity index (χ0) is 12.5. The highest BCUT2D eigenvalue weighted by atomic mass is 16.3. The molecule has 1 aliphatic rings. The van der Waals surface area contributed by atoms with Crippen LogP contribution in [0, 0.1) is 13.8 Å². The quantitative estimate of drug-likeness (QED) is 0.730. The molecule has 0 aromatic heterocycles. The van der Waals surface area contributed by atoms with E-state index in [0.29, 0.717) is 13.1 Å². The molecule has 4 heteroatoms. The van der Waals surface area contributed by atoms with Crippen LogP contribution in [0.5, 0.6) is 0 Å². The molecule has 1 heterocycles. The maximum atomic E-state index is 11.8. The number of amides is 1. The first-order valence-electron chi connectivity index (χ1n) is 5.79. The molecule has 0 radical (unpaired) electrons. The molecular weight excluding hydrogens is 216 g/mol. The first-order chi connectivity index (χ1) is 7.98. The fourth-order valence-electron chi connectivity index (χ4n) is 1.90. The molecule has 0 spiro atoms. The van der Waals surface area contributed by atoms with Crippen molar-refractivity contribution < 1.29 is 9.90 Å². The van der Waals surface area contributed by atoms with Gasteiger partial charge in [0.15, 0.2) is 0 Å². The van der Waals surface area contributed by atoms with Crippen LogP contribution in [-0.2, 0) is 4.79 Å². The van der Waals surface area contributed by atoms with Crippen LogP contribution >= 0.6 is 0 Å². The summed E-state index contributed by atoms with van der Waals surface area (Å²) in [5.41, 5.74) is 2.10. The molecular formula is C13H18N2O2. The molecule has 3 N–H and O–H groups in total. The zero-order valence-electron chi connectivity index (χ0n) is 10.2. The fraction of sp³-hybridized carbons (Fsp3) is 0.462. The molecule has 1 aliphatic heterocycles. The lowest BCUT2D eigenvalue weighted by molar-refractivity contribution is -0.123. The molecule has 1 aromatic carbocycles. The Bertz CT molecular complexity index is 439. The van der Waals surface area contributed by atoms with Crippen LogP contribution in [0.4, 0.5) is 5.69 Å². The molecule has 92 valence electrons.